The monoisotopic (exact) mass is 306 g/mol. The van der Waals surface area contributed by atoms with E-state index in [-0.39, 0.29) is 0 Å². The van der Waals surface area contributed by atoms with Crippen molar-refractivity contribution in [1.29, 1.82) is 0 Å². The molecule has 2 heterocycles. The lowest BCUT2D eigenvalue weighted by molar-refractivity contribution is 0.684. The minimum atomic E-state index is 0.470. The molecule has 2 aromatic rings. The van der Waals surface area contributed by atoms with Crippen LogP contribution in [0.4, 0.5) is 0 Å². The van der Waals surface area contributed by atoms with E-state index in [0.29, 0.717) is 19.0 Å². The average Bonchev–Trinajstić information content (AvgIpc) is 3.08. The van der Waals surface area contributed by atoms with Gasteiger partial charge in [0.25, 0.3) is 0 Å². The quantitative estimate of drug-likeness (QED) is 0.654. The highest BCUT2D eigenvalue weighted by Gasteiger charge is 2.06. The topological polar surface area (TPSA) is 67.1 Å². The Morgan fingerprint density at radius 3 is 2.71 bits per heavy atom. The van der Waals surface area contributed by atoms with Crippen molar-refractivity contribution in [3.05, 3.63) is 34.0 Å². The van der Waals surface area contributed by atoms with Crippen LogP contribution in [0.15, 0.2) is 22.6 Å². The van der Waals surface area contributed by atoms with E-state index in [1.807, 2.05) is 17.8 Å². The zero-order valence-corrected chi connectivity index (χ0v) is 13.7. The van der Waals surface area contributed by atoms with Crippen LogP contribution in [0.5, 0.6) is 0 Å². The molecule has 0 radical (unpaired) electrons. The molecule has 0 unspecified atom stereocenters. The normalized spacial score (nSPS) is 12.0. The maximum Gasteiger partial charge on any atom is 0.191 e. The lowest BCUT2D eigenvalue weighted by Crippen LogP contribution is -2.36. The lowest BCUT2D eigenvalue weighted by atomic mass is 10.2. The SMILES string of the molecule is CN=C(NCc1nc(C(C)C)cs1)NCc1ccnn1C. The van der Waals surface area contributed by atoms with Gasteiger partial charge in [0.2, 0.25) is 0 Å². The number of rotatable bonds is 5. The summed E-state index contributed by atoms with van der Waals surface area (Å²) in [6.07, 6.45) is 1.79. The molecule has 2 rings (SSSR count). The second-order valence-electron chi connectivity index (χ2n) is 5.05. The molecule has 7 heteroatoms. The summed E-state index contributed by atoms with van der Waals surface area (Å²) >= 11 is 1.68. The molecule has 0 amide bonds. The van der Waals surface area contributed by atoms with Gasteiger partial charge in [-0.05, 0) is 12.0 Å². The molecule has 0 aromatic carbocycles. The maximum atomic E-state index is 4.60. The van der Waals surface area contributed by atoms with Crippen LogP contribution in [0.25, 0.3) is 0 Å². The summed E-state index contributed by atoms with van der Waals surface area (Å²) in [5.74, 6) is 1.23. The zero-order valence-electron chi connectivity index (χ0n) is 12.9. The maximum absolute atomic E-state index is 4.60. The summed E-state index contributed by atoms with van der Waals surface area (Å²) in [5.41, 5.74) is 2.25. The molecule has 0 aliphatic rings. The summed E-state index contributed by atoms with van der Waals surface area (Å²) in [6.45, 7) is 5.68. The van der Waals surface area contributed by atoms with Crippen LogP contribution in [0.1, 0.15) is 36.2 Å². The molecule has 0 spiro atoms. The number of nitrogens with zero attached hydrogens (tertiary/aromatic N) is 4. The standard InChI is InChI=1S/C14H22N6S/c1-10(2)12-9-21-13(19-12)8-17-14(15-3)16-7-11-5-6-18-20(11)4/h5-6,9-10H,7-8H2,1-4H3,(H2,15,16,17). The van der Waals surface area contributed by atoms with Crippen LogP contribution in [-0.2, 0) is 20.1 Å². The Balaban J connectivity index is 1.83. The number of aliphatic imine (C=N–C) groups is 1. The molecular formula is C14H22N6S. The van der Waals surface area contributed by atoms with Gasteiger partial charge in [0.15, 0.2) is 5.96 Å². The molecule has 0 aliphatic carbocycles. The summed E-state index contributed by atoms with van der Waals surface area (Å²) in [4.78, 5) is 8.82. The molecule has 21 heavy (non-hydrogen) atoms. The summed E-state index contributed by atoms with van der Waals surface area (Å²) in [5, 5.41) is 13.9. The van der Waals surface area contributed by atoms with E-state index in [9.17, 15) is 0 Å². The summed E-state index contributed by atoms with van der Waals surface area (Å²) in [7, 11) is 3.69. The van der Waals surface area contributed by atoms with Gasteiger partial charge < -0.3 is 10.6 Å². The highest BCUT2D eigenvalue weighted by molar-refractivity contribution is 7.09. The molecule has 0 saturated carbocycles. The fourth-order valence-corrected chi connectivity index (χ4v) is 2.70. The predicted molar refractivity (Wildman–Crippen MR) is 86.4 cm³/mol. The van der Waals surface area contributed by atoms with E-state index in [0.717, 1.165) is 22.4 Å². The van der Waals surface area contributed by atoms with Crippen LogP contribution in [-0.4, -0.2) is 27.8 Å². The van der Waals surface area contributed by atoms with Gasteiger partial charge in [-0.3, -0.25) is 9.67 Å². The van der Waals surface area contributed by atoms with E-state index in [4.69, 9.17) is 0 Å². The number of hydrogen-bond acceptors (Lipinski definition) is 4. The Bertz CT molecular complexity index is 598. The van der Waals surface area contributed by atoms with Gasteiger partial charge in [0, 0.05) is 25.7 Å². The first kappa shape index (κ1) is 15.5. The van der Waals surface area contributed by atoms with E-state index in [1.54, 1.807) is 24.6 Å². The van der Waals surface area contributed by atoms with Crippen molar-refractivity contribution >= 4 is 17.3 Å². The molecule has 0 atom stereocenters. The van der Waals surface area contributed by atoms with Crippen molar-refractivity contribution in [2.24, 2.45) is 12.0 Å². The molecular weight excluding hydrogens is 284 g/mol. The van der Waals surface area contributed by atoms with Gasteiger partial charge in [-0.25, -0.2) is 4.98 Å². The van der Waals surface area contributed by atoms with Crippen LogP contribution in [0, 0.1) is 0 Å². The first-order valence-electron chi connectivity index (χ1n) is 6.96. The Kier molecular flexibility index (Phi) is 5.32. The van der Waals surface area contributed by atoms with E-state index in [1.165, 1.54) is 0 Å². The van der Waals surface area contributed by atoms with E-state index >= 15 is 0 Å². The van der Waals surface area contributed by atoms with Crippen molar-refractivity contribution in [2.75, 3.05) is 7.05 Å². The van der Waals surface area contributed by atoms with Crippen LogP contribution < -0.4 is 10.6 Å². The lowest BCUT2D eigenvalue weighted by Gasteiger charge is -2.11. The first-order valence-corrected chi connectivity index (χ1v) is 7.83. The third-order valence-corrected chi connectivity index (χ3v) is 4.02. The second kappa shape index (κ2) is 7.21. The highest BCUT2D eigenvalue weighted by atomic mass is 32.1. The number of thiazole rings is 1. The van der Waals surface area contributed by atoms with Crippen molar-refractivity contribution in [3.63, 3.8) is 0 Å². The van der Waals surface area contributed by atoms with E-state index in [2.05, 4.69) is 44.9 Å². The van der Waals surface area contributed by atoms with Gasteiger partial charge >= 0.3 is 0 Å². The van der Waals surface area contributed by atoms with Crippen LogP contribution in [0.3, 0.4) is 0 Å². The number of aryl methyl sites for hydroxylation is 1. The third-order valence-electron chi connectivity index (χ3n) is 3.15. The van der Waals surface area contributed by atoms with Gasteiger partial charge in [-0.1, -0.05) is 13.8 Å². The van der Waals surface area contributed by atoms with Crippen LogP contribution in [0.2, 0.25) is 0 Å². The Hall–Kier alpha value is -1.89. The number of hydrogen-bond donors (Lipinski definition) is 2. The van der Waals surface area contributed by atoms with Crippen LogP contribution >= 0.6 is 11.3 Å². The Morgan fingerprint density at radius 1 is 1.38 bits per heavy atom. The molecule has 2 aromatic heterocycles. The number of nitrogens with one attached hydrogen (secondary N) is 2. The molecule has 0 bridgehead atoms. The summed E-state index contributed by atoms with van der Waals surface area (Å²) < 4.78 is 1.84. The fourth-order valence-electron chi connectivity index (χ4n) is 1.80. The minimum Gasteiger partial charge on any atom is -0.351 e. The molecule has 2 N–H and O–H groups in total. The smallest absolute Gasteiger partial charge is 0.191 e. The van der Waals surface area contributed by atoms with Gasteiger partial charge in [-0.2, -0.15) is 5.10 Å². The number of aromatic nitrogens is 3. The van der Waals surface area contributed by atoms with Gasteiger partial charge in [-0.15, -0.1) is 11.3 Å². The van der Waals surface area contributed by atoms with Crippen molar-refractivity contribution < 1.29 is 0 Å². The third kappa shape index (κ3) is 4.29. The van der Waals surface area contributed by atoms with Gasteiger partial charge in [0.1, 0.15) is 5.01 Å². The average molecular weight is 306 g/mol. The minimum absolute atomic E-state index is 0.470. The zero-order chi connectivity index (χ0) is 15.2. The summed E-state index contributed by atoms with van der Waals surface area (Å²) in [6, 6.07) is 1.98. The molecule has 0 aliphatic heterocycles. The predicted octanol–water partition coefficient (Wildman–Crippen LogP) is 1.87. The van der Waals surface area contributed by atoms with E-state index < -0.39 is 0 Å². The van der Waals surface area contributed by atoms with Gasteiger partial charge in [0.05, 0.1) is 24.5 Å². The fraction of sp³-hybridized carbons (Fsp3) is 0.500. The molecule has 6 nitrogen and oxygen atoms in total. The molecule has 114 valence electrons. The number of guanidine groups is 1. The largest absolute Gasteiger partial charge is 0.351 e. The van der Waals surface area contributed by atoms with Crippen molar-refractivity contribution in [1.82, 2.24) is 25.4 Å². The Labute approximate surface area is 129 Å². The second-order valence-corrected chi connectivity index (χ2v) is 5.99. The molecule has 0 fully saturated rings. The highest BCUT2D eigenvalue weighted by Crippen LogP contribution is 2.17. The first-order chi connectivity index (χ1) is 10.1. The van der Waals surface area contributed by atoms with Crippen molar-refractivity contribution in [3.8, 4) is 0 Å². The Morgan fingerprint density at radius 2 is 2.14 bits per heavy atom. The molecule has 0 saturated heterocycles. The van der Waals surface area contributed by atoms with Crippen molar-refractivity contribution in [2.45, 2.75) is 32.9 Å².